The monoisotopic (exact) mass is 328 g/mol. The van der Waals surface area contributed by atoms with Gasteiger partial charge in [-0.05, 0) is 18.2 Å². The number of fused-ring (bicyclic) bond motifs is 1. The Kier molecular flexibility index (Phi) is 3.99. The van der Waals surface area contributed by atoms with Crippen molar-refractivity contribution in [1.82, 2.24) is 9.38 Å². The molecule has 1 aromatic carbocycles. The summed E-state index contributed by atoms with van der Waals surface area (Å²) in [4.78, 5) is 27.7. The van der Waals surface area contributed by atoms with Gasteiger partial charge in [-0.3, -0.25) is 14.0 Å². The van der Waals surface area contributed by atoms with Gasteiger partial charge < -0.3 is 10.6 Å². The molecule has 2 amide bonds. The molecule has 0 fully saturated rings. The van der Waals surface area contributed by atoms with Crippen LogP contribution in [-0.2, 0) is 4.79 Å². The van der Waals surface area contributed by atoms with Gasteiger partial charge in [0, 0.05) is 24.9 Å². The number of amides is 2. The molecule has 0 aliphatic rings. The van der Waals surface area contributed by atoms with Gasteiger partial charge in [0.15, 0.2) is 0 Å². The Bertz CT molecular complexity index is 904. The van der Waals surface area contributed by atoms with Crippen LogP contribution in [0.4, 0.5) is 11.4 Å². The number of para-hydroxylation sites is 1. The molecule has 3 rings (SSSR count). The van der Waals surface area contributed by atoms with Crippen LogP contribution in [0.1, 0.15) is 17.4 Å². The van der Waals surface area contributed by atoms with Gasteiger partial charge in [0.1, 0.15) is 11.3 Å². The van der Waals surface area contributed by atoms with Crippen LogP contribution < -0.4 is 10.6 Å². The first-order valence-corrected chi connectivity index (χ1v) is 7.23. The quantitative estimate of drug-likeness (QED) is 0.775. The molecule has 2 heterocycles. The van der Waals surface area contributed by atoms with Crippen LogP contribution >= 0.6 is 11.6 Å². The number of nitrogens with zero attached hydrogens (tertiary/aromatic N) is 2. The molecule has 0 atom stereocenters. The molecule has 0 saturated heterocycles. The number of carbonyl (C=O) groups is 2. The van der Waals surface area contributed by atoms with Crippen LogP contribution in [0.3, 0.4) is 0 Å². The highest BCUT2D eigenvalue weighted by atomic mass is 35.5. The van der Waals surface area contributed by atoms with Gasteiger partial charge in [0.2, 0.25) is 5.91 Å². The fourth-order valence-corrected chi connectivity index (χ4v) is 2.36. The molecule has 3 aromatic rings. The molecule has 0 radical (unpaired) electrons. The van der Waals surface area contributed by atoms with E-state index in [1.807, 2.05) is 0 Å². The molecular formula is C16H13ClN4O2. The maximum Gasteiger partial charge on any atom is 0.274 e. The Morgan fingerprint density at radius 1 is 1.17 bits per heavy atom. The Morgan fingerprint density at radius 3 is 2.70 bits per heavy atom. The summed E-state index contributed by atoms with van der Waals surface area (Å²) in [6, 6.07) is 10.4. The molecule has 6 nitrogen and oxygen atoms in total. The average Bonchev–Trinajstić information content (AvgIpc) is 2.92. The van der Waals surface area contributed by atoms with Gasteiger partial charge in [-0.15, -0.1) is 0 Å². The molecule has 2 aromatic heterocycles. The SMILES string of the molecule is CC(=O)Nc1ccn2c(C(=O)Nc3ccccc3Cl)cnc2c1. The number of aromatic nitrogens is 2. The third kappa shape index (κ3) is 3.17. The predicted molar refractivity (Wildman–Crippen MR) is 88.9 cm³/mol. The molecule has 0 spiro atoms. The lowest BCUT2D eigenvalue weighted by Crippen LogP contribution is -2.14. The lowest BCUT2D eigenvalue weighted by molar-refractivity contribution is -0.114. The Hall–Kier alpha value is -2.86. The zero-order valence-electron chi connectivity index (χ0n) is 12.2. The number of pyridine rings is 1. The highest BCUT2D eigenvalue weighted by Gasteiger charge is 2.14. The molecule has 0 aliphatic heterocycles. The number of halogens is 1. The first kappa shape index (κ1) is 15.1. The first-order valence-electron chi connectivity index (χ1n) is 6.85. The summed E-state index contributed by atoms with van der Waals surface area (Å²) in [6.45, 7) is 1.43. The largest absolute Gasteiger partial charge is 0.326 e. The van der Waals surface area contributed by atoms with E-state index in [2.05, 4.69) is 15.6 Å². The van der Waals surface area contributed by atoms with Gasteiger partial charge >= 0.3 is 0 Å². The van der Waals surface area contributed by atoms with Crippen molar-refractivity contribution < 1.29 is 9.59 Å². The summed E-state index contributed by atoms with van der Waals surface area (Å²) in [5, 5.41) is 5.88. The number of hydrogen-bond acceptors (Lipinski definition) is 3. The Balaban J connectivity index is 1.89. The van der Waals surface area contributed by atoms with Crippen molar-refractivity contribution in [3.8, 4) is 0 Å². The van der Waals surface area contributed by atoms with E-state index in [0.717, 1.165) is 0 Å². The third-order valence-corrected chi connectivity index (χ3v) is 3.52. The lowest BCUT2D eigenvalue weighted by atomic mass is 10.3. The number of benzene rings is 1. The average molecular weight is 329 g/mol. The van der Waals surface area contributed by atoms with E-state index in [1.165, 1.54) is 13.1 Å². The second-order valence-electron chi connectivity index (χ2n) is 4.90. The zero-order valence-corrected chi connectivity index (χ0v) is 13.0. The van der Waals surface area contributed by atoms with Gasteiger partial charge in [0.25, 0.3) is 5.91 Å². The smallest absolute Gasteiger partial charge is 0.274 e. The summed E-state index contributed by atoms with van der Waals surface area (Å²) >= 11 is 6.04. The van der Waals surface area contributed by atoms with E-state index in [-0.39, 0.29) is 11.8 Å². The van der Waals surface area contributed by atoms with Gasteiger partial charge in [-0.25, -0.2) is 4.98 Å². The minimum absolute atomic E-state index is 0.169. The number of hydrogen-bond donors (Lipinski definition) is 2. The van der Waals surface area contributed by atoms with Gasteiger partial charge in [0.05, 0.1) is 16.9 Å². The number of imidazole rings is 1. The minimum atomic E-state index is -0.321. The molecule has 0 bridgehead atoms. The van der Waals surface area contributed by atoms with E-state index in [1.54, 1.807) is 47.0 Å². The van der Waals surface area contributed by atoms with Crippen molar-refractivity contribution in [3.05, 3.63) is 59.5 Å². The molecule has 0 aliphatic carbocycles. The van der Waals surface area contributed by atoms with Crippen LogP contribution in [-0.4, -0.2) is 21.2 Å². The second kappa shape index (κ2) is 6.10. The molecular weight excluding hydrogens is 316 g/mol. The number of nitrogens with one attached hydrogen (secondary N) is 2. The Labute approximate surface area is 137 Å². The van der Waals surface area contributed by atoms with Crippen molar-refractivity contribution in [2.45, 2.75) is 6.92 Å². The van der Waals surface area contributed by atoms with Crippen molar-refractivity contribution >= 4 is 40.4 Å². The van der Waals surface area contributed by atoms with E-state index >= 15 is 0 Å². The lowest BCUT2D eigenvalue weighted by Gasteiger charge is -2.07. The van der Waals surface area contributed by atoms with Crippen LogP contribution in [0.25, 0.3) is 5.65 Å². The fourth-order valence-electron chi connectivity index (χ4n) is 2.18. The van der Waals surface area contributed by atoms with Crippen LogP contribution in [0.15, 0.2) is 48.8 Å². The Morgan fingerprint density at radius 2 is 1.96 bits per heavy atom. The molecule has 0 unspecified atom stereocenters. The van der Waals surface area contributed by atoms with Crippen LogP contribution in [0, 0.1) is 0 Å². The molecule has 116 valence electrons. The van der Waals surface area contributed by atoms with E-state index < -0.39 is 0 Å². The predicted octanol–water partition coefficient (Wildman–Crippen LogP) is 3.20. The summed E-state index contributed by atoms with van der Waals surface area (Å²) in [5.41, 5.74) is 2.08. The van der Waals surface area contributed by atoms with Crippen molar-refractivity contribution in [2.75, 3.05) is 10.6 Å². The third-order valence-electron chi connectivity index (χ3n) is 3.19. The molecule has 23 heavy (non-hydrogen) atoms. The topological polar surface area (TPSA) is 75.5 Å². The highest BCUT2D eigenvalue weighted by Crippen LogP contribution is 2.21. The summed E-state index contributed by atoms with van der Waals surface area (Å²) in [5.74, 6) is -0.490. The fraction of sp³-hybridized carbons (Fsp3) is 0.0625. The minimum Gasteiger partial charge on any atom is -0.326 e. The molecule has 2 N–H and O–H groups in total. The second-order valence-corrected chi connectivity index (χ2v) is 5.31. The maximum atomic E-state index is 12.4. The number of carbonyl (C=O) groups excluding carboxylic acids is 2. The summed E-state index contributed by atoms with van der Waals surface area (Å²) < 4.78 is 1.64. The van der Waals surface area contributed by atoms with Crippen LogP contribution in [0.5, 0.6) is 0 Å². The number of anilines is 2. The first-order chi connectivity index (χ1) is 11.0. The molecule has 7 heteroatoms. The molecule has 0 saturated carbocycles. The summed E-state index contributed by atoms with van der Waals surface area (Å²) in [6.07, 6.45) is 3.15. The van der Waals surface area contributed by atoms with E-state index in [9.17, 15) is 9.59 Å². The van der Waals surface area contributed by atoms with Crippen LogP contribution in [0.2, 0.25) is 5.02 Å². The summed E-state index contributed by atoms with van der Waals surface area (Å²) in [7, 11) is 0. The normalized spacial score (nSPS) is 10.5. The highest BCUT2D eigenvalue weighted by molar-refractivity contribution is 6.33. The van der Waals surface area contributed by atoms with E-state index in [0.29, 0.717) is 27.7 Å². The standard InChI is InChI=1S/C16H13ClN4O2/c1-10(22)19-11-6-7-21-14(9-18-15(21)8-11)16(23)20-13-5-3-2-4-12(13)17/h2-9H,1H3,(H,19,22)(H,20,23). The van der Waals surface area contributed by atoms with Crippen molar-refractivity contribution in [1.29, 1.82) is 0 Å². The maximum absolute atomic E-state index is 12.4. The number of rotatable bonds is 3. The van der Waals surface area contributed by atoms with Crippen molar-refractivity contribution in [3.63, 3.8) is 0 Å². The van der Waals surface area contributed by atoms with Gasteiger partial charge in [-0.1, -0.05) is 23.7 Å². The van der Waals surface area contributed by atoms with Gasteiger partial charge in [-0.2, -0.15) is 0 Å². The zero-order chi connectivity index (χ0) is 16.4. The van der Waals surface area contributed by atoms with Crippen molar-refractivity contribution in [2.24, 2.45) is 0 Å². The van der Waals surface area contributed by atoms with E-state index in [4.69, 9.17) is 11.6 Å².